The second-order valence-electron chi connectivity index (χ2n) is 18.6. The van der Waals surface area contributed by atoms with Crippen molar-refractivity contribution in [1.82, 2.24) is 9.68 Å². The number of hydrogen-bond acceptors (Lipinski definition) is 13. The van der Waals surface area contributed by atoms with Crippen molar-refractivity contribution in [3.05, 3.63) is 145 Å². The van der Waals surface area contributed by atoms with Crippen LogP contribution in [-0.2, 0) is 57.3 Å². The van der Waals surface area contributed by atoms with Gasteiger partial charge in [0.25, 0.3) is 10.7 Å². The van der Waals surface area contributed by atoms with Crippen molar-refractivity contribution in [2.45, 2.75) is 96.9 Å². The lowest BCUT2D eigenvalue weighted by Crippen LogP contribution is -2.30. The summed E-state index contributed by atoms with van der Waals surface area (Å²) < 4.78 is 74.2. The van der Waals surface area contributed by atoms with Crippen LogP contribution in [0.1, 0.15) is 85.3 Å². The first-order chi connectivity index (χ1) is 35.2. The Balaban J connectivity index is 1.31. The smallest absolute Gasteiger partial charge is 0.364 e. The Morgan fingerprint density at radius 1 is 0.595 bits per heavy atom. The maximum Gasteiger partial charge on any atom is 0.364 e. The quantitative estimate of drug-likeness (QED) is 0.0246. The summed E-state index contributed by atoms with van der Waals surface area (Å²) in [5.74, 6) is 2.19. The van der Waals surface area contributed by atoms with E-state index in [9.17, 15) is 9.13 Å². The highest BCUT2D eigenvalue weighted by molar-refractivity contribution is 8.08. The van der Waals surface area contributed by atoms with Gasteiger partial charge < -0.3 is 32.3 Å². The summed E-state index contributed by atoms with van der Waals surface area (Å²) in [6.45, 7) is 12.3. The Hall–Kier alpha value is -3.50. The van der Waals surface area contributed by atoms with Gasteiger partial charge >= 0.3 is 28.9 Å². The number of hydrogen-bond donors (Lipinski definition) is 0. The second kappa shape index (κ2) is 27.7. The first-order valence-corrected chi connectivity index (χ1v) is 34.4. The maximum atomic E-state index is 13.0. The van der Waals surface area contributed by atoms with Gasteiger partial charge in [-0.25, -0.2) is 0 Å². The molecule has 0 spiro atoms. The van der Waals surface area contributed by atoms with Crippen LogP contribution in [-0.4, -0.2) is 86.8 Å². The monoisotopic (exact) mass is 1140 g/mol. The van der Waals surface area contributed by atoms with E-state index in [2.05, 4.69) is 114 Å². The standard InChI is InChI=1S/C54H75N4O9P5S2/c1-13-39-52(4,5)65-46-34-36-51(37-35-46)72(49-22-18-16-19-23-49,50-24-20-17-21-25-50)56-68(73)53(6,14-2)66-47-32-28-45(29-33-47)41-55-57(8)69(74)54(7,15-3)67-48-30-26-44(27-31-48)38-40-58(42-70(59,61-9)62-10)43-71(60,63-11)64-12/h16-37,41H,13-15,38-40,42-43H2,1-12H3/q+2. The molecule has 5 aromatic rings. The normalized spacial score (nSPS) is 14.5. The predicted molar refractivity (Wildman–Crippen MR) is 316 cm³/mol. The third-order valence-electron chi connectivity index (χ3n) is 12.7. The molecule has 20 heteroatoms. The van der Waals surface area contributed by atoms with Gasteiger partial charge in [0.05, 0.1) is 13.3 Å². The first-order valence-electron chi connectivity index (χ1n) is 24.6. The highest BCUT2D eigenvalue weighted by Gasteiger charge is 2.46. The van der Waals surface area contributed by atoms with Crippen molar-refractivity contribution in [3.8, 4) is 17.2 Å². The van der Waals surface area contributed by atoms with Crippen molar-refractivity contribution in [3.63, 3.8) is 0 Å². The van der Waals surface area contributed by atoms with Crippen LogP contribution in [0.4, 0.5) is 0 Å². The highest BCUT2D eigenvalue weighted by atomic mass is 32.4. The van der Waals surface area contributed by atoms with Gasteiger partial charge in [-0.3, -0.25) is 14.0 Å². The van der Waals surface area contributed by atoms with E-state index in [1.807, 2.05) is 79.4 Å². The molecular formula is C54H75N4O9P5S2+2. The lowest BCUT2D eigenvalue weighted by molar-refractivity contribution is 0.0986. The molecule has 0 radical (unpaired) electrons. The van der Waals surface area contributed by atoms with Crippen molar-refractivity contribution in [1.29, 1.82) is 0 Å². The fraction of sp³-hybridized carbons (Fsp3) is 0.426. The third-order valence-corrected chi connectivity index (χ3v) is 28.1. The Labute approximate surface area is 453 Å². The summed E-state index contributed by atoms with van der Waals surface area (Å²) in [6, 6.07) is 45.2. The number of nitrogens with zero attached hydrogens (tertiary/aromatic N) is 4. The van der Waals surface area contributed by atoms with Crippen LogP contribution >= 0.6 is 35.9 Å². The SMILES string of the molecule is CCCC(C)(C)Oc1ccc(P(=N[P+](=S)C(C)(CC)Oc2ccc(C=NN(C)[P+](=S)C(C)(CC)Oc3ccc(CCN(CP(=O)(OC)OC)CP(=O)(OC)OC)cc3)cc2)(c2ccccc2)c2ccccc2)cc1. The van der Waals surface area contributed by atoms with Crippen LogP contribution in [0.15, 0.2) is 143 Å². The molecule has 0 aliphatic rings. The van der Waals surface area contributed by atoms with E-state index in [1.165, 1.54) is 28.4 Å². The molecule has 0 aromatic heterocycles. The zero-order valence-corrected chi connectivity index (χ0v) is 51.1. The molecule has 74 heavy (non-hydrogen) atoms. The minimum atomic E-state index is -3.45. The number of ether oxygens (including phenoxy) is 3. The summed E-state index contributed by atoms with van der Waals surface area (Å²) >= 11 is 12.6. The molecule has 0 amide bonds. The van der Waals surface area contributed by atoms with Crippen molar-refractivity contribution < 1.29 is 41.4 Å². The summed E-state index contributed by atoms with van der Waals surface area (Å²) in [6.07, 6.45) is 5.45. The van der Waals surface area contributed by atoms with Crippen molar-refractivity contribution >= 4 is 81.7 Å². The third kappa shape index (κ3) is 16.3. The minimum Gasteiger partial charge on any atom is -0.488 e. The van der Waals surface area contributed by atoms with Gasteiger partial charge in [-0.05, 0) is 98.5 Å². The lowest BCUT2D eigenvalue weighted by atomic mass is 10.0. The molecule has 4 atom stereocenters. The van der Waals surface area contributed by atoms with Crippen LogP contribution in [0, 0.1) is 0 Å². The second-order valence-corrected chi connectivity index (χ2v) is 32.3. The molecule has 400 valence electrons. The van der Waals surface area contributed by atoms with E-state index >= 15 is 0 Å². The molecule has 0 saturated heterocycles. The average molecular weight is 1140 g/mol. The molecule has 0 heterocycles. The van der Waals surface area contributed by atoms with Crippen molar-refractivity contribution in [2.24, 2.45) is 9.62 Å². The van der Waals surface area contributed by atoms with Crippen molar-refractivity contribution in [2.75, 3.05) is 54.6 Å². The van der Waals surface area contributed by atoms with Gasteiger partial charge in [-0.1, -0.05) is 105 Å². The van der Waals surface area contributed by atoms with Crippen LogP contribution in [0.3, 0.4) is 0 Å². The van der Waals surface area contributed by atoms with Crippen LogP contribution in [0.25, 0.3) is 0 Å². The van der Waals surface area contributed by atoms with Gasteiger partial charge in [0.2, 0.25) is 0 Å². The highest BCUT2D eigenvalue weighted by Crippen LogP contribution is 2.57. The average Bonchev–Trinajstić information content (AvgIpc) is 3.41. The zero-order valence-electron chi connectivity index (χ0n) is 45.0. The molecule has 5 rings (SSSR count). The van der Waals surface area contributed by atoms with E-state index in [0.717, 1.165) is 45.6 Å². The molecule has 13 nitrogen and oxygen atoms in total. The fourth-order valence-electron chi connectivity index (χ4n) is 8.00. The first kappa shape index (κ1) is 61.4. The molecule has 0 saturated carbocycles. The molecule has 0 fully saturated rings. The summed E-state index contributed by atoms with van der Waals surface area (Å²) in [5.41, 5.74) is 1.58. The summed E-state index contributed by atoms with van der Waals surface area (Å²) in [7, 11) is -2.39. The Kier molecular flexibility index (Phi) is 23.0. The molecule has 0 aliphatic carbocycles. The molecule has 5 aromatic carbocycles. The molecule has 0 N–H and O–H groups in total. The van der Waals surface area contributed by atoms with Crippen LogP contribution in [0.5, 0.6) is 17.2 Å². The number of benzene rings is 5. The van der Waals surface area contributed by atoms with E-state index < -0.39 is 46.6 Å². The number of hydrazone groups is 1. The van der Waals surface area contributed by atoms with Gasteiger partial charge in [-0.2, -0.15) is 0 Å². The van der Waals surface area contributed by atoms with Gasteiger partial charge in [-0.15, -0.1) is 9.88 Å². The van der Waals surface area contributed by atoms with E-state index in [-0.39, 0.29) is 18.2 Å². The van der Waals surface area contributed by atoms with E-state index in [0.29, 0.717) is 37.3 Å². The Morgan fingerprint density at radius 2 is 1.03 bits per heavy atom. The molecule has 0 aliphatic heterocycles. The zero-order chi connectivity index (χ0) is 54.2. The van der Waals surface area contributed by atoms with Crippen LogP contribution in [0.2, 0.25) is 0 Å². The lowest BCUT2D eigenvalue weighted by Gasteiger charge is -2.28. The van der Waals surface area contributed by atoms with E-state index in [4.69, 9.17) is 65.5 Å². The predicted octanol–water partition coefficient (Wildman–Crippen LogP) is 14.2. The maximum absolute atomic E-state index is 13.0. The topological polar surface area (TPSA) is 130 Å². The van der Waals surface area contributed by atoms with Gasteiger partial charge in [0.1, 0.15) is 42.5 Å². The summed E-state index contributed by atoms with van der Waals surface area (Å²) in [4.78, 5) is 1.71. The minimum absolute atomic E-state index is 0.0870. The Bertz CT molecular complexity index is 2710. The van der Waals surface area contributed by atoms with Gasteiger partial charge in [0.15, 0.2) is 23.6 Å². The molecular weight excluding hydrogens is 1070 g/mol. The number of rotatable bonds is 30. The Morgan fingerprint density at radius 3 is 1.49 bits per heavy atom. The van der Waals surface area contributed by atoms with Gasteiger partial charge in [0, 0.05) is 77.6 Å². The summed E-state index contributed by atoms with van der Waals surface area (Å²) in [5, 5.41) is 6.65. The fourth-order valence-corrected chi connectivity index (χ4v) is 19.8. The van der Waals surface area contributed by atoms with E-state index in [1.54, 1.807) is 11.1 Å². The largest absolute Gasteiger partial charge is 0.488 e. The molecule has 4 unspecified atom stereocenters. The molecule has 0 bridgehead atoms. The van der Waals surface area contributed by atoms with Crippen LogP contribution < -0.4 is 30.1 Å².